The molecular formula is C17H28N2O2. The van der Waals surface area contributed by atoms with Gasteiger partial charge in [-0.1, -0.05) is 18.2 Å². The van der Waals surface area contributed by atoms with E-state index in [-0.39, 0.29) is 0 Å². The van der Waals surface area contributed by atoms with Crippen LogP contribution in [0.1, 0.15) is 31.4 Å². The Hall–Kier alpha value is -1.10. The Morgan fingerprint density at radius 2 is 1.95 bits per heavy atom. The average molecular weight is 292 g/mol. The van der Waals surface area contributed by atoms with Gasteiger partial charge in [-0.15, -0.1) is 0 Å². The number of hydrogen-bond acceptors (Lipinski definition) is 4. The first kappa shape index (κ1) is 16.3. The van der Waals surface area contributed by atoms with E-state index < -0.39 is 6.10 Å². The summed E-state index contributed by atoms with van der Waals surface area (Å²) in [5.74, 6) is 0.802. The quantitative estimate of drug-likeness (QED) is 0.871. The molecule has 1 aromatic rings. The van der Waals surface area contributed by atoms with E-state index >= 15 is 0 Å². The lowest BCUT2D eigenvalue weighted by Gasteiger charge is -2.36. The van der Waals surface area contributed by atoms with Crippen molar-refractivity contribution in [1.82, 2.24) is 9.80 Å². The standard InChI is InChI=1S/C17H28N2O2/c1-4-21-17-8-6-5-7-15(17)16(20)13-19-11-9-14(10-12-19)18(2)3/h5-8,14,16,20H,4,9-13H2,1-3H3. The molecule has 4 heteroatoms. The summed E-state index contributed by atoms with van der Waals surface area (Å²) in [4.78, 5) is 4.66. The number of likely N-dealkylation sites (tertiary alicyclic amines) is 1. The minimum absolute atomic E-state index is 0.483. The number of aliphatic hydroxyl groups excluding tert-OH is 1. The number of para-hydroxylation sites is 1. The fourth-order valence-corrected chi connectivity index (χ4v) is 3.00. The highest BCUT2D eigenvalue weighted by Crippen LogP contribution is 2.26. The van der Waals surface area contributed by atoms with E-state index in [0.29, 0.717) is 19.2 Å². The van der Waals surface area contributed by atoms with Crippen molar-refractivity contribution in [2.24, 2.45) is 0 Å². The van der Waals surface area contributed by atoms with Crippen LogP contribution in [0, 0.1) is 0 Å². The molecule has 118 valence electrons. The summed E-state index contributed by atoms with van der Waals surface area (Å²) < 4.78 is 5.61. The molecule has 2 rings (SSSR count). The summed E-state index contributed by atoms with van der Waals surface area (Å²) in [6.45, 7) is 5.38. The molecule has 0 aromatic heterocycles. The molecule has 0 spiro atoms. The molecule has 1 aliphatic heterocycles. The van der Waals surface area contributed by atoms with Crippen LogP contribution in [0.3, 0.4) is 0 Å². The van der Waals surface area contributed by atoms with E-state index in [4.69, 9.17) is 4.74 Å². The van der Waals surface area contributed by atoms with Crippen LogP contribution >= 0.6 is 0 Å². The summed E-state index contributed by atoms with van der Waals surface area (Å²) in [5, 5.41) is 10.5. The van der Waals surface area contributed by atoms with Crippen molar-refractivity contribution in [3.05, 3.63) is 29.8 Å². The van der Waals surface area contributed by atoms with Crippen LogP contribution in [-0.2, 0) is 0 Å². The van der Waals surface area contributed by atoms with Crippen LogP contribution in [0.2, 0.25) is 0 Å². The van der Waals surface area contributed by atoms with Gasteiger partial charge in [0.15, 0.2) is 0 Å². The van der Waals surface area contributed by atoms with E-state index in [1.54, 1.807) is 0 Å². The number of rotatable bonds is 6. The number of piperidine rings is 1. The first-order valence-electron chi connectivity index (χ1n) is 7.90. The molecule has 0 amide bonds. The molecule has 1 heterocycles. The zero-order valence-corrected chi connectivity index (χ0v) is 13.5. The monoisotopic (exact) mass is 292 g/mol. The molecule has 1 aliphatic rings. The summed E-state index contributed by atoms with van der Waals surface area (Å²) in [6, 6.07) is 8.47. The first-order valence-corrected chi connectivity index (χ1v) is 7.90. The van der Waals surface area contributed by atoms with Crippen molar-refractivity contribution >= 4 is 0 Å². The maximum Gasteiger partial charge on any atom is 0.125 e. The minimum Gasteiger partial charge on any atom is -0.493 e. The van der Waals surface area contributed by atoms with Crippen molar-refractivity contribution in [3.63, 3.8) is 0 Å². The number of ether oxygens (including phenoxy) is 1. The Balaban J connectivity index is 1.92. The number of aliphatic hydroxyl groups is 1. The molecule has 0 aliphatic carbocycles. The van der Waals surface area contributed by atoms with Crippen LogP contribution in [-0.4, -0.2) is 61.3 Å². The maximum absolute atomic E-state index is 10.5. The van der Waals surface area contributed by atoms with Gasteiger partial charge in [0.2, 0.25) is 0 Å². The Bertz CT molecular complexity index is 429. The second-order valence-corrected chi connectivity index (χ2v) is 5.98. The van der Waals surface area contributed by atoms with Crippen molar-refractivity contribution in [2.75, 3.05) is 40.3 Å². The van der Waals surface area contributed by atoms with E-state index in [2.05, 4.69) is 23.9 Å². The van der Waals surface area contributed by atoms with Gasteiger partial charge in [-0.25, -0.2) is 0 Å². The number of hydrogen-bond donors (Lipinski definition) is 1. The molecule has 1 N–H and O–H groups in total. The highest BCUT2D eigenvalue weighted by atomic mass is 16.5. The summed E-state index contributed by atoms with van der Waals surface area (Å²) in [5.41, 5.74) is 0.897. The molecule has 1 aromatic carbocycles. The second-order valence-electron chi connectivity index (χ2n) is 5.98. The summed E-state index contributed by atoms with van der Waals surface area (Å²) in [6.07, 6.45) is 1.86. The van der Waals surface area contributed by atoms with Crippen LogP contribution in [0.25, 0.3) is 0 Å². The van der Waals surface area contributed by atoms with Gasteiger partial charge in [-0.3, -0.25) is 0 Å². The van der Waals surface area contributed by atoms with Gasteiger partial charge in [0.25, 0.3) is 0 Å². The summed E-state index contributed by atoms with van der Waals surface area (Å²) >= 11 is 0. The third-order valence-corrected chi connectivity index (χ3v) is 4.30. The van der Waals surface area contributed by atoms with Crippen molar-refractivity contribution in [2.45, 2.75) is 31.9 Å². The van der Waals surface area contributed by atoms with Crippen LogP contribution in [0.15, 0.2) is 24.3 Å². The molecule has 0 bridgehead atoms. The Morgan fingerprint density at radius 3 is 2.57 bits per heavy atom. The third kappa shape index (κ3) is 4.43. The lowest BCUT2D eigenvalue weighted by atomic mass is 10.0. The van der Waals surface area contributed by atoms with Crippen molar-refractivity contribution in [3.8, 4) is 5.75 Å². The minimum atomic E-state index is -0.483. The van der Waals surface area contributed by atoms with E-state index in [9.17, 15) is 5.11 Å². The highest BCUT2D eigenvalue weighted by molar-refractivity contribution is 5.35. The fraction of sp³-hybridized carbons (Fsp3) is 0.647. The predicted octanol–water partition coefficient (Wildman–Crippen LogP) is 2.14. The van der Waals surface area contributed by atoms with Crippen LogP contribution < -0.4 is 4.74 Å². The largest absolute Gasteiger partial charge is 0.493 e. The molecule has 4 nitrogen and oxygen atoms in total. The van der Waals surface area contributed by atoms with Crippen LogP contribution in [0.5, 0.6) is 5.75 Å². The van der Waals surface area contributed by atoms with Crippen molar-refractivity contribution in [1.29, 1.82) is 0 Å². The Morgan fingerprint density at radius 1 is 1.29 bits per heavy atom. The van der Waals surface area contributed by atoms with E-state index in [1.165, 1.54) is 12.8 Å². The number of benzene rings is 1. The molecule has 0 radical (unpaired) electrons. The van der Waals surface area contributed by atoms with Gasteiger partial charge in [0.05, 0.1) is 12.7 Å². The van der Waals surface area contributed by atoms with Gasteiger partial charge in [0, 0.05) is 18.2 Å². The smallest absolute Gasteiger partial charge is 0.125 e. The van der Waals surface area contributed by atoms with Gasteiger partial charge < -0.3 is 19.6 Å². The van der Waals surface area contributed by atoms with Gasteiger partial charge >= 0.3 is 0 Å². The highest BCUT2D eigenvalue weighted by Gasteiger charge is 2.23. The topological polar surface area (TPSA) is 35.9 Å². The zero-order valence-electron chi connectivity index (χ0n) is 13.5. The molecular weight excluding hydrogens is 264 g/mol. The lowest BCUT2D eigenvalue weighted by molar-refractivity contribution is 0.0782. The summed E-state index contributed by atoms with van der Waals surface area (Å²) in [7, 11) is 4.29. The van der Waals surface area contributed by atoms with E-state index in [1.807, 2.05) is 31.2 Å². The predicted molar refractivity (Wildman–Crippen MR) is 85.7 cm³/mol. The first-order chi connectivity index (χ1) is 10.1. The molecule has 1 atom stereocenters. The van der Waals surface area contributed by atoms with Gasteiger partial charge in [-0.05, 0) is 53.0 Å². The Labute approximate surface area is 128 Å². The fourth-order valence-electron chi connectivity index (χ4n) is 3.00. The second kappa shape index (κ2) is 7.78. The lowest BCUT2D eigenvalue weighted by Crippen LogP contribution is -2.43. The van der Waals surface area contributed by atoms with Crippen molar-refractivity contribution < 1.29 is 9.84 Å². The SMILES string of the molecule is CCOc1ccccc1C(O)CN1CCC(N(C)C)CC1. The van der Waals surface area contributed by atoms with Gasteiger partial charge in [-0.2, -0.15) is 0 Å². The normalized spacial score (nSPS) is 18.9. The average Bonchev–Trinajstić information content (AvgIpc) is 2.48. The molecule has 0 saturated carbocycles. The number of nitrogens with zero attached hydrogens (tertiary/aromatic N) is 2. The molecule has 21 heavy (non-hydrogen) atoms. The maximum atomic E-state index is 10.5. The molecule has 1 unspecified atom stereocenters. The van der Waals surface area contributed by atoms with Gasteiger partial charge in [0.1, 0.15) is 5.75 Å². The third-order valence-electron chi connectivity index (χ3n) is 4.30. The number of β-amino-alcohol motifs (C(OH)–C–C–N with tert-alkyl or cyclic N) is 1. The molecule has 1 fully saturated rings. The zero-order chi connectivity index (χ0) is 15.2. The molecule has 1 saturated heterocycles. The van der Waals surface area contributed by atoms with E-state index in [0.717, 1.165) is 24.4 Å². The Kier molecular flexibility index (Phi) is 6.03. The van der Waals surface area contributed by atoms with Crippen LogP contribution in [0.4, 0.5) is 0 Å².